The van der Waals surface area contributed by atoms with Crippen LogP contribution in [-0.2, 0) is 21.3 Å². The number of rotatable bonds is 7. The normalized spacial score (nSPS) is 14.2. The van der Waals surface area contributed by atoms with Gasteiger partial charge >= 0.3 is 0 Å². The molecule has 0 aliphatic carbocycles. The van der Waals surface area contributed by atoms with E-state index in [0.29, 0.717) is 11.4 Å². The molecule has 1 unspecified atom stereocenters. The maximum Gasteiger partial charge on any atom is 0.217 e. The zero-order valence-electron chi connectivity index (χ0n) is 23.8. The van der Waals surface area contributed by atoms with Crippen LogP contribution in [0.5, 0.6) is 5.88 Å². The second-order valence-corrected chi connectivity index (χ2v) is 11.8. The van der Waals surface area contributed by atoms with Crippen molar-refractivity contribution in [2.45, 2.75) is 17.6 Å². The van der Waals surface area contributed by atoms with E-state index >= 15 is 0 Å². The molecule has 6 rings (SSSR count). The van der Waals surface area contributed by atoms with Crippen LogP contribution in [0.1, 0.15) is 11.1 Å². The third-order valence-corrected chi connectivity index (χ3v) is 9.00. The zero-order valence-corrected chi connectivity index (χ0v) is 24.6. The standard InChI is InChI=1S/C33H30F2N4O3S/c1-20-13-30-22(16-28(32(36)38-30)21-3-6-26(7-4-21)39-9-11-42-12-10-39)15-27(20)23-14-24(33(41-2)37-18-23)19-43(40)31-8-5-25(34)17-29(31)35/h3-8,13-18H,9-12,19H2,1-2H3,(H2,36,38). The Morgan fingerprint density at radius 1 is 0.977 bits per heavy atom. The SMILES string of the molecule is COc1ncc(-c2cc3cc(-c4ccc(N5CCOCC5)cc4)c(N)nc3cc2C)cc1CS(=O)c1ccc(F)cc1F. The lowest BCUT2D eigenvalue weighted by Gasteiger charge is -2.29. The number of fused-ring (bicyclic) bond motifs is 1. The van der Waals surface area contributed by atoms with Crippen molar-refractivity contribution < 1.29 is 22.5 Å². The number of morpholine rings is 1. The molecule has 43 heavy (non-hydrogen) atoms. The van der Waals surface area contributed by atoms with Crippen LogP contribution >= 0.6 is 0 Å². The van der Waals surface area contributed by atoms with Gasteiger partial charge in [-0.25, -0.2) is 18.7 Å². The number of hydrogen-bond donors (Lipinski definition) is 1. The van der Waals surface area contributed by atoms with Gasteiger partial charge in [0.05, 0.1) is 47.3 Å². The second-order valence-electron chi connectivity index (χ2n) is 10.4. The molecular weight excluding hydrogens is 570 g/mol. The van der Waals surface area contributed by atoms with Crippen molar-refractivity contribution in [3.8, 4) is 28.1 Å². The molecule has 1 aliphatic heterocycles. The molecule has 2 aromatic heterocycles. The van der Waals surface area contributed by atoms with Crippen LogP contribution in [-0.4, -0.2) is 47.6 Å². The Morgan fingerprint density at radius 2 is 1.72 bits per heavy atom. The summed E-state index contributed by atoms with van der Waals surface area (Å²) in [7, 11) is -0.312. The highest BCUT2D eigenvalue weighted by Gasteiger charge is 2.18. The predicted molar refractivity (Wildman–Crippen MR) is 166 cm³/mol. The van der Waals surface area contributed by atoms with E-state index in [-0.39, 0.29) is 16.5 Å². The van der Waals surface area contributed by atoms with Gasteiger partial charge in [0.2, 0.25) is 5.88 Å². The predicted octanol–water partition coefficient (Wildman–Crippen LogP) is 6.29. The van der Waals surface area contributed by atoms with Crippen LogP contribution in [0.25, 0.3) is 33.2 Å². The average molecular weight is 601 g/mol. The van der Waals surface area contributed by atoms with Crippen molar-refractivity contribution in [3.05, 3.63) is 95.7 Å². The molecular formula is C33H30F2N4O3S. The van der Waals surface area contributed by atoms with Crippen molar-refractivity contribution in [3.63, 3.8) is 0 Å². The van der Waals surface area contributed by atoms with Gasteiger partial charge < -0.3 is 20.1 Å². The van der Waals surface area contributed by atoms with E-state index in [0.717, 1.165) is 82.8 Å². The van der Waals surface area contributed by atoms with Crippen molar-refractivity contribution in [1.82, 2.24) is 9.97 Å². The Balaban J connectivity index is 1.34. The van der Waals surface area contributed by atoms with Gasteiger partial charge in [0, 0.05) is 53.1 Å². The van der Waals surface area contributed by atoms with Gasteiger partial charge in [0.25, 0.3) is 0 Å². The number of aryl methyl sites for hydroxylation is 1. The molecule has 1 atom stereocenters. The summed E-state index contributed by atoms with van der Waals surface area (Å²) in [6.07, 6.45) is 1.69. The molecule has 0 amide bonds. The third kappa shape index (κ3) is 5.93. The van der Waals surface area contributed by atoms with Crippen LogP contribution in [0.2, 0.25) is 0 Å². The highest BCUT2D eigenvalue weighted by molar-refractivity contribution is 7.84. The fourth-order valence-corrected chi connectivity index (χ4v) is 6.51. The molecule has 7 nitrogen and oxygen atoms in total. The number of aromatic nitrogens is 2. The van der Waals surface area contributed by atoms with Gasteiger partial charge in [-0.1, -0.05) is 12.1 Å². The van der Waals surface area contributed by atoms with Gasteiger partial charge in [0.15, 0.2) is 0 Å². The molecule has 10 heteroatoms. The van der Waals surface area contributed by atoms with Gasteiger partial charge in [-0.15, -0.1) is 0 Å². The average Bonchev–Trinajstić information content (AvgIpc) is 3.01. The number of benzene rings is 3. The van der Waals surface area contributed by atoms with Gasteiger partial charge in [0.1, 0.15) is 17.5 Å². The number of pyridine rings is 2. The van der Waals surface area contributed by atoms with Gasteiger partial charge in [-0.3, -0.25) is 4.21 Å². The van der Waals surface area contributed by atoms with Gasteiger partial charge in [-0.2, -0.15) is 0 Å². The quantitative estimate of drug-likeness (QED) is 0.235. The van der Waals surface area contributed by atoms with Crippen LogP contribution < -0.4 is 15.4 Å². The molecule has 220 valence electrons. The summed E-state index contributed by atoms with van der Waals surface area (Å²) < 4.78 is 51.6. The molecule has 5 aromatic rings. The van der Waals surface area contributed by atoms with Crippen LogP contribution in [0.4, 0.5) is 20.3 Å². The molecule has 0 radical (unpaired) electrons. The lowest BCUT2D eigenvalue weighted by molar-refractivity contribution is 0.122. The van der Waals surface area contributed by atoms with E-state index < -0.39 is 22.4 Å². The largest absolute Gasteiger partial charge is 0.481 e. The Labute approximate surface area is 250 Å². The van der Waals surface area contributed by atoms with Crippen LogP contribution in [0.15, 0.2) is 77.8 Å². The van der Waals surface area contributed by atoms with E-state index in [4.69, 9.17) is 20.2 Å². The summed E-state index contributed by atoms with van der Waals surface area (Å²) in [5, 5.41) is 0.899. The minimum absolute atomic E-state index is 0.0537. The van der Waals surface area contributed by atoms with Gasteiger partial charge in [-0.05, 0) is 72.1 Å². The van der Waals surface area contributed by atoms with Crippen molar-refractivity contribution in [2.75, 3.05) is 44.0 Å². The van der Waals surface area contributed by atoms with E-state index in [1.807, 2.05) is 31.2 Å². The zero-order chi connectivity index (χ0) is 30.1. The topological polar surface area (TPSA) is 90.6 Å². The molecule has 0 bridgehead atoms. The molecule has 1 aliphatic rings. The minimum atomic E-state index is -1.78. The monoisotopic (exact) mass is 600 g/mol. The summed E-state index contributed by atoms with van der Waals surface area (Å²) in [4.78, 5) is 11.4. The molecule has 1 saturated heterocycles. The Hall–Kier alpha value is -4.41. The first-order valence-electron chi connectivity index (χ1n) is 13.8. The first-order chi connectivity index (χ1) is 20.8. The van der Waals surface area contributed by atoms with E-state index in [1.54, 1.807) is 6.20 Å². The number of nitrogens with zero attached hydrogens (tertiary/aromatic N) is 3. The minimum Gasteiger partial charge on any atom is -0.481 e. The molecule has 3 aromatic carbocycles. The van der Waals surface area contributed by atoms with Crippen LogP contribution in [0, 0.1) is 18.6 Å². The number of nitrogens with two attached hydrogens (primary N) is 1. The lowest BCUT2D eigenvalue weighted by atomic mass is 9.96. The Morgan fingerprint density at radius 3 is 2.44 bits per heavy atom. The lowest BCUT2D eigenvalue weighted by Crippen LogP contribution is -2.36. The van der Waals surface area contributed by atoms with E-state index in [2.05, 4.69) is 34.1 Å². The van der Waals surface area contributed by atoms with Crippen LogP contribution in [0.3, 0.4) is 0 Å². The van der Waals surface area contributed by atoms with Crippen molar-refractivity contribution >= 4 is 33.2 Å². The first-order valence-corrected chi connectivity index (χ1v) is 15.1. The molecule has 2 N–H and O–H groups in total. The number of anilines is 2. The number of halogens is 2. The Bertz CT molecular complexity index is 1840. The molecule has 0 saturated carbocycles. The fraction of sp³-hybridized carbons (Fsp3) is 0.212. The highest BCUT2D eigenvalue weighted by Crippen LogP contribution is 2.35. The third-order valence-electron chi connectivity index (χ3n) is 7.60. The summed E-state index contributed by atoms with van der Waals surface area (Å²) in [5.41, 5.74) is 13.3. The maximum absolute atomic E-state index is 14.3. The summed E-state index contributed by atoms with van der Waals surface area (Å²) in [6, 6.07) is 19.2. The first kappa shape index (κ1) is 28.7. The molecule has 3 heterocycles. The summed E-state index contributed by atoms with van der Waals surface area (Å²) >= 11 is 0. The highest BCUT2D eigenvalue weighted by atomic mass is 32.2. The van der Waals surface area contributed by atoms with E-state index in [1.165, 1.54) is 13.2 Å². The van der Waals surface area contributed by atoms with Crippen molar-refractivity contribution in [2.24, 2.45) is 0 Å². The Kier molecular flexibility index (Phi) is 8.05. The number of methoxy groups -OCH3 is 1. The smallest absolute Gasteiger partial charge is 0.217 e. The molecule has 0 spiro atoms. The number of hydrogen-bond acceptors (Lipinski definition) is 7. The summed E-state index contributed by atoms with van der Waals surface area (Å²) in [6.45, 7) is 5.15. The molecule has 1 fully saturated rings. The fourth-order valence-electron chi connectivity index (χ4n) is 5.37. The van der Waals surface area contributed by atoms with E-state index in [9.17, 15) is 13.0 Å². The number of nitrogen functional groups attached to an aromatic ring is 1. The number of ether oxygens (including phenoxy) is 2. The maximum atomic E-state index is 14.3. The van der Waals surface area contributed by atoms with Crippen molar-refractivity contribution in [1.29, 1.82) is 0 Å². The second kappa shape index (κ2) is 12.1. The summed E-state index contributed by atoms with van der Waals surface area (Å²) in [5.74, 6) is -0.902.